The molecular formula is C11H9NO2S. The van der Waals surface area contributed by atoms with Crippen LogP contribution < -0.4 is 0 Å². The van der Waals surface area contributed by atoms with Gasteiger partial charge in [0.25, 0.3) is 0 Å². The van der Waals surface area contributed by atoms with E-state index >= 15 is 0 Å². The second-order valence-electron chi connectivity index (χ2n) is 3.20. The summed E-state index contributed by atoms with van der Waals surface area (Å²) in [7, 11) is 0. The monoisotopic (exact) mass is 219 g/mol. The van der Waals surface area contributed by atoms with Gasteiger partial charge in [-0.25, -0.2) is 4.79 Å². The maximum absolute atomic E-state index is 10.7. The fourth-order valence-corrected chi connectivity index (χ4v) is 2.13. The third-order valence-electron chi connectivity index (χ3n) is 2.17. The number of benzene rings is 1. The molecule has 2 rings (SSSR count). The summed E-state index contributed by atoms with van der Waals surface area (Å²) in [5.74, 6) is -0.894. The summed E-state index contributed by atoms with van der Waals surface area (Å²) in [6.45, 7) is 1.90. The van der Waals surface area contributed by atoms with Gasteiger partial charge in [-0.15, -0.1) is 11.3 Å². The quantitative estimate of drug-likeness (QED) is 0.844. The minimum atomic E-state index is -0.894. The molecule has 0 aliphatic carbocycles. The molecule has 4 heteroatoms. The minimum Gasteiger partial charge on any atom is -0.478 e. The molecule has 0 aliphatic rings. The van der Waals surface area contributed by atoms with Crippen LogP contribution in [0.25, 0.3) is 10.4 Å². The molecule has 0 atom stereocenters. The van der Waals surface area contributed by atoms with Crippen molar-refractivity contribution in [3.63, 3.8) is 0 Å². The number of carbonyl (C=O) groups is 1. The number of carboxylic acids is 1. The Morgan fingerprint density at radius 3 is 2.80 bits per heavy atom. The van der Waals surface area contributed by atoms with Gasteiger partial charge in [-0.3, -0.25) is 4.98 Å². The first-order valence-corrected chi connectivity index (χ1v) is 5.29. The van der Waals surface area contributed by atoms with Crippen molar-refractivity contribution in [2.75, 3.05) is 0 Å². The summed E-state index contributed by atoms with van der Waals surface area (Å²) < 4.78 is 0. The SMILES string of the molecule is Cc1cc(C(=O)O)ccc1-c1cncs1. The number of aromatic nitrogens is 1. The molecule has 0 saturated heterocycles. The van der Waals surface area contributed by atoms with E-state index in [-0.39, 0.29) is 0 Å². The van der Waals surface area contributed by atoms with Gasteiger partial charge in [0.1, 0.15) is 0 Å². The first-order chi connectivity index (χ1) is 7.18. The number of nitrogens with zero attached hydrogens (tertiary/aromatic N) is 1. The Hall–Kier alpha value is -1.68. The third kappa shape index (κ3) is 1.89. The first-order valence-electron chi connectivity index (χ1n) is 4.41. The molecule has 0 amide bonds. The minimum absolute atomic E-state index is 0.320. The van der Waals surface area contributed by atoms with Crippen LogP contribution >= 0.6 is 11.3 Å². The van der Waals surface area contributed by atoms with Crippen molar-refractivity contribution in [1.29, 1.82) is 0 Å². The highest BCUT2D eigenvalue weighted by Crippen LogP contribution is 2.27. The molecule has 0 unspecified atom stereocenters. The van der Waals surface area contributed by atoms with E-state index < -0.39 is 5.97 Å². The normalized spacial score (nSPS) is 10.2. The Morgan fingerprint density at radius 2 is 2.27 bits per heavy atom. The van der Waals surface area contributed by atoms with Gasteiger partial charge in [0.15, 0.2) is 0 Å². The van der Waals surface area contributed by atoms with Gasteiger partial charge < -0.3 is 5.11 Å². The second-order valence-corrected chi connectivity index (χ2v) is 4.09. The van der Waals surface area contributed by atoms with E-state index in [1.54, 1.807) is 35.2 Å². The summed E-state index contributed by atoms with van der Waals surface area (Å²) >= 11 is 1.55. The molecule has 1 heterocycles. The lowest BCUT2D eigenvalue weighted by atomic mass is 10.0. The Kier molecular flexibility index (Phi) is 2.51. The van der Waals surface area contributed by atoms with Crippen LogP contribution in [0.5, 0.6) is 0 Å². The average molecular weight is 219 g/mol. The Bertz CT molecular complexity index is 491. The van der Waals surface area contributed by atoms with Gasteiger partial charge in [-0.2, -0.15) is 0 Å². The van der Waals surface area contributed by atoms with Gasteiger partial charge in [-0.05, 0) is 30.2 Å². The van der Waals surface area contributed by atoms with Crippen molar-refractivity contribution in [2.24, 2.45) is 0 Å². The molecule has 2 aromatic rings. The lowest BCUT2D eigenvalue weighted by Crippen LogP contribution is -1.96. The number of carboxylic acid groups (broad SMARTS) is 1. The predicted molar refractivity (Wildman–Crippen MR) is 59.2 cm³/mol. The van der Waals surface area contributed by atoms with Gasteiger partial charge >= 0.3 is 5.97 Å². The Balaban J connectivity index is 2.48. The Labute approximate surface area is 91.0 Å². The van der Waals surface area contributed by atoms with E-state index in [2.05, 4.69) is 4.98 Å². The molecule has 1 N–H and O–H groups in total. The topological polar surface area (TPSA) is 50.2 Å². The van der Waals surface area contributed by atoms with Crippen molar-refractivity contribution in [3.05, 3.63) is 41.0 Å². The van der Waals surface area contributed by atoms with Crippen LogP contribution in [0.1, 0.15) is 15.9 Å². The zero-order chi connectivity index (χ0) is 10.8. The van der Waals surface area contributed by atoms with Crippen molar-refractivity contribution in [3.8, 4) is 10.4 Å². The van der Waals surface area contributed by atoms with E-state index in [0.29, 0.717) is 5.56 Å². The van der Waals surface area contributed by atoms with Gasteiger partial charge in [0.2, 0.25) is 0 Å². The van der Waals surface area contributed by atoms with Crippen molar-refractivity contribution in [1.82, 2.24) is 4.98 Å². The molecule has 1 aromatic heterocycles. The fourth-order valence-electron chi connectivity index (χ4n) is 1.42. The van der Waals surface area contributed by atoms with E-state index in [1.165, 1.54) is 0 Å². The lowest BCUT2D eigenvalue weighted by molar-refractivity contribution is 0.0697. The molecule has 0 spiro atoms. The Morgan fingerprint density at radius 1 is 1.47 bits per heavy atom. The van der Waals surface area contributed by atoms with E-state index in [9.17, 15) is 4.79 Å². The van der Waals surface area contributed by atoms with Crippen LogP contribution in [0.4, 0.5) is 0 Å². The highest BCUT2D eigenvalue weighted by atomic mass is 32.1. The largest absolute Gasteiger partial charge is 0.478 e. The van der Waals surface area contributed by atoms with Crippen molar-refractivity contribution < 1.29 is 9.90 Å². The summed E-state index contributed by atoms with van der Waals surface area (Å²) in [5, 5.41) is 8.82. The van der Waals surface area contributed by atoms with Gasteiger partial charge in [0.05, 0.1) is 16.0 Å². The van der Waals surface area contributed by atoms with E-state index in [1.807, 2.05) is 13.0 Å². The number of thiazole rings is 1. The molecule has 0 saturated carbocycles. The highest BCUT2D eigenvalue weighted by molar-refractivity contribution is 7.13. The van der Waals surface area contributed by atoms with Crippen LogP contribution in [0, 0.1) is 6.92 Å². The predicted octanol–water partition coefficient (Wildman–Crippen LogP) is 2.82. The molecule has 0 bridgehead atoms. The number of hydrogen-bond acceptors (Lipinski definition) is 3. The van der Waals surface area contributed by atoms with E-state index in [0.717, 1.165) is 16.0 Å². The highest BCUT2D eigenvalue weighted by Gasteiger charge is 2.07. The smallest absolute Gasteiger partial charge is 0.335 e. The first kappa shape index (κ1) is 9.86. The zero-order valence-corrected chi connectivity index (χ0v) is 8.91. The summed E-state index contributed by atoms with van der Waals surface area (Å²) in [4.78, 5) is 15.8. The second kappa shape index (κ2) is 3.82. The third-order valence-corrected chi connectivity index (χ3v) is 2.98. The molecule has 1 aromatic carbocycles. The van der Waals surface area contributed by atoms with Crippen molar-refractivity contribution in [2.45, 2.75) is 6.92 Å². The number of rotatable bonds is 2. The lowest BCUT2D eigenvalue weighted by Gasteiger charge is -2.03. The maximum atomic E-state index is 10.7. The molecule has 0 fully saturated rings. The molecule has 0 aliphatic heterocycles. The molecule has 0 radical (unpaired) electrons. The van der Waals surface area contributed by atoms with Crippen LogP contribution in [0.2, 0.25) is 0 Å². The molecular weight excluding hydrogens is 210 g/mol. The van der Waals surface area contributed by atoms with Gasteiger partial charge in [0, 0.05) is 6.20 Å². The van der Waals surface area contributed by atoms with Crippen LogP contribution in [0.15, 0.2) is 29.9 Å². The van der Waals surface area contributed by atoms with Crippen molar-refractivity contribution >= 4 is 17.3 Å². The van der Waals surface area contributed by atoms with Crippen LogP contribution in [0.3, 0.4) is 0 Å². The zero-order valence-electron chi connectivity index (χ0n) is 8.10. The van der Waals surface area contributed by atoms with Crippen LogP contribution in [-0.2, 0) is 0 Å². The van der Waals surface area contributed by atoms with Crippen LogP contribution in [-0.4, -0.2) is 16.1 Å². The summed E-state index contributed by atoms with van der Waals surface area (Å²) in [5.41, 5.74) is 4.09. The summed E-state index contributed by atoms with van der Waals surface area (Å²) in [6, 6.07) is 5.12. The number of aromatic carboxylic acids is 1. The summed E-state index contributed by atoms with van der Waals surface area (Å²) in [6.07, 6.45) is 1.79. The maximum Gasteiger partial charge on any atom is 0.335 e. The van der Waals surface area contributed by atoms with E-state index in [4.69, 9.17) is 5.11 Å². The number of aryl methyl sites for hydroxylation is 1. The molecule has 76 valence electrons. The van der Waals surface area contributed by atoms with Gasteiger partial charge in [-0.1, -0.05) is 6.07 Å². The fraction of sp³-hybridized carbons (Fsp3) is 0.0909. The molecule has 3 nitrogen and oxygen atoms in total. The number of hydrogen-bond donors (Lipinski definition) is 1. The standard InChI is InChI=1S/C11H9NO2S/c1-7-4-8(11(13)14)2-3-9(7)10-5-12-6-15-10/h2-6H,1H3,(H,13,14). The molecule has 15 heavy (non-hydrogen) atoms. The average Bonchev–Trinajstić information content (AvgIpc) is 2.70.